The number of benzene rings is 1. The summed E-state index contributed by atoms with van der Waals surface area (Å²) in [6.45, 7) is 0.678. The summed E-state index contributed by atoms with van der Waals surface area (Å²) in [4.78, 5) is 27.0. The van der Waals surface area contributed by atoms with Gasteiger partial charge in [0, 0.05) is 47.2 Å². The molecule has 0 spiro atoms. The molecule has 140 valence electrons. The molecule has 4 heterocycles. The van der Waals surface area contributed by atoms with Crippen LogP contribution >= 0.6 is 0 Å². The van der Waals surface area contributed by atoms with Gasteiger partial charge in [0.15, 0.2) is 0 Å². The zero-order valence-electron chi connectivity index (χ0n) is 15.2. The third kappa shape index (κ3) is 2.85. The summed E-state index contributed by atoms with van der Waals surface area (Å²) in [6, 6.07) is 11.2. The lowest BCUT2D eigenvalue weighted by Crippen LogP contribution is -2.38. The molecule has 1 amide bonds. The fourth-order valence-corrected chi connectivity index (χ4v) is 3.85. The van der Waals surface area contributed by atoms with E-state index in [9.17, 15) is 4.79 Å². The number of hydrogen-bond donors (Lipinski definition) is 1. The lowest BCUT2D eigenvalue weighted by Gasteiger charge is -2.33. The van der Waals surface area contributed by atoms with Gasteiger partial charge in [-0.1, -0.05) is 11.2 Å². The van der Waals surface area contributed by atoms with Crippen molar-refractivity contribution in [3.63, 3.8) is 0 Å². The fraction of sp³-hybridized carbons (Fsp3) is 0.238. The highest BCUT2D eigenvalue weighted by Crippen LogP contribution is 2.33. The Labute approximate surface area is 161 Å². The van der Waals surface area contributed by atoms with E-state index in [-0.39, 0.29) is 11.9 Å². The molecule has 1 fully saturated rings. The monoisotopic (exact) mass is 373 g/mol. The quantitative estimate of drug-likeness (QED) is 0.587. The van der Waals surface area contributed by atoms with E-state index in [1.165, 1.54) is 0 Å². The Bertz CT molecular complexity index is 1120. The molecule has 1 aromatic carbocycles. The average Bonchev–Trinajstić information content (AvgIpc) is 3.43. The van der Waals surface area contributed by atoms with Crippen LogP contribution in [-0.2, 0) is 0 Å². The standard InChI is InChI=1S/C21H19N5O2/c27-21(16-4-3-5-17-15(16)9-12-23-17)26-13-2-1-6-18(26)20-24-19(25-28-20)14-7-10-22-11-8-14/h3-5,7-12,18,23H,1-2,6,13H2. The van der Waals surface area contributed by atoms with Gasteiger partial charge in [0.25, 0.3) is 5.91 Å². The first-order valence-corrected chi connectivity index (χ1v) is 9.42. The number of likely N-dealkylation sites (tertiary alicyclic amines) is 1. The van der Waals surface area contributed by atoms with E-state index in [2.05, 4.69) is 20.1 Å². The first-order chi connectivity index (χ1) is 13.8. The lowest BCUT2D eigenvalue weighted by molar-refractivity contribution is 0.0563. The van der Waals surface area contributed by atoms with Crippen molar-refractivity contribution in [3.05, 3.63) is 66.4 Å². The van der Waals surface area contributed by atoms with Crippen LogP contribution in [-0.4, -0.2) is 37.5 Å². The van der Waals surface area contributed by atoms with Crippen molar-refractivity contribution in [1.82, 2.24) is 25.0 Å². The Balaban J connectivity index is 1.48. The van der Waals surface area contributed by atoms with Crippen LogP contribution in [0.4, 0.5) is 0 Å². The number of aromatic amines is 1. The van der Waals surface area contributed by atoms with Gasteiger partial charge in [0.2, 0.25) is 11.7 Å². The number of fused-ring (bicyclic) bond motifs is 1. The van der Waals surface area contributed by atoms with Gasteiger partial charge < -0.3 is 14.4 Å². The second-order valence-corrected chi connectivity index (χ2v) is 6.95. The summed E-state index contributed by atoms with van der Waals surface area (Å²) in [5, 5.41) is 5.04. The molecule has 7 nitrogen and oxygen atoms in total. The number of H-pyrrole nitrogens is 1. The summed E-state index contributed by atoms with van der Waals surface area (Å²) in [5.74, 6) is 1.00. The minimum atomic E-state index is -0.210. The van der Waals surface area contributed by atoms with Crippen molar-refractivity contribution >= 4 is 16.8 Å². The Morgan fingerprint density at radius 1 is 1.14 bits per heavy atom. The SMILES string of the molecule is O=C(c1cccc2[nH]ccc12)N1CCCCC1c1nc(-c2ccncc2)no1. The van der Waals surface area contributed by atoms with Crippen LogP contribution in [0.15, 0.2) is 59.5 Å². The smallest absolute Gasteiger partial charge is 0.255 e. The molecule has 28 heavy (non-hydrogen) atoms. The van der Waals surface area contributed by atoms with Crippen LogP contribution in [0.3, 0.4) is 0 Å². The van der Waals surface area contributed by atoms with Crippen molar-refractivity contribution in [2.75, 3.05) is 6.54 Å². The van der Waals surface area contributed by atoms with Gasteiger partial charge in [0.05, 0.1) is 0 Å². The number of aromatic nitrogens is 4. The average molecular weight is 373 g/mol. The van der Waals surface area contributed by atoms with Gasteiger partial charge in [0.1, 0.15) is 6.04 Å². The zero-order chi connectivity index (χ0) is 18.9. The Hall–Kier alpha value is -3.48. The summed E-state index contributed by atoms with van der Waals surface area (Å²) in [6.07, 6.45) is 8.05. The highest BCUT2D eigenvalue weighted by atomic mass is 16.5. The zero-order valence-corrected chi connectivity index (χ0v) is 15.2. The molecule has 3 aromatic heterocycles. The van der Waals surface area contributed by atoms with Crippen molar-refractivity contribution in [2.24, 2.45) is 0 Å². The third-order valence-electron chi connectivity index (χ3n) is 5.25. The number of hydrogen-bond acceptors (Lipinski definition) is 5. The van der Waals surface area contributed by atoms with Gasteiger partial charge >= 0.3 is 0 Å². The van der Waals surface area contributed by atoms with Crippen LogP contribution in [0.1, 0.15) is 41.6 Å². The maximum absolute atomic E-state index is 13.4. The van der Waals surface area contributed by atoms with Crippen LogP contribution in [0, 0.1) is 0 Å². The molecule has 0 bridgehead atoms. The summed E-state index contributed by atoms with van der Waals surface area (Å²) >= 11 is 0. The number of carbonyl (C=O) groups excluding carboxylic acids is 1. The summed E-state index contributed by atoms with van der Waals surface area (Å²) in [5.41, 5.74) is 2.49. The van der Waals surface area contributed by atoms with Crippen molar-refractivity contribution in [1.29, 1.82) is 0 Å². The Kier molecular flexibility index (Phi) is 4.12. The number of piperidine rings is 1. The fourth-order valence-electron chi connectivity index (χ4n) is 3.85. The van der Waals surface area contributed by atoms with E-state index in [1.807, 2.05) is 47.5 Å². The Morgan fingerprint density at radius 2 is 2.04 bits per heavy atom. The molecule has 1 unspecified atom stereocenters. The summed E-state index contributed by atoms with van der Waals surface area (Å²) < 4.78 is 5.57. The minimum Gasteiger partial charge on any atom is -0.361 e. The van der Waals surface area contributed by atoms with Crippen molar-refractivity contribution in [3.8, 4) is 11.4 Å². The molecule has 0 aliphatic carbocycles. The molecule has 4 aromatic rings. The highest BCUT2D eigenvalue weighted by Gasteiger charge is 2.33. The lowest BCUT2D eigenvalue weighted by atomic mass is 9.99. The van der Waals surface area contributed by atoms with E-state index in [1.54, 1.807) is 12.4 Å². The second-order valence-electron chi connectivity index (χ2n) is 6.95. The van der Waals surface area contributed by atoms with Crippen molar-refractivity contribution < 1.29 is 9.32 Å². The molecular formula is C21H19N5O2. The first kappa shape index (κ1) is 16.7. The predicted molar refractivity (Wildman–Crippen MR) is 103 cm³/mol. The molecule has 1 aliphatic heterocycles. The number of rotatable bonds is 3. The first-order valence-electron chi connectivity index (χ1n) is 9.42. The van der Waals surface area contributed by atoms with Gasteiger partial charge in [-0.15, -0.1) is 0 Å². The molecule has 1 aliphatic rings. The van der Waals surface area contributed by atoms with E-state index in [4.69, 9.17) is 4.52 Å². The van der Waals surface area contributed by atoms with Gasteiger partial charge in [-0.05, 0) is 49.6 Å². The van der Waals surface area contributed by atoms with Crippen LogP contribution in [0.25, 0.3) is 22.3 Å². The maximum atomic E-state index is 13.4. The number of carbonyl (C=O) groups is 1. The molecule has 5 rings (SSSR count). The van der Waals surface area contributed by atoms with Gasteiger partial charge in [-0.25, -0.2) is 0 Å². The molecular weight excluding hydrogens is 354 g/mol. The second kappa shape index (κ2) is 6.92. The molecule has 0 radical (unpaired) electrons. The highest BCUT2D eigenvalue weighted by molar-refractivity contribution is 6.06. The number of nitrogens with one attached hydrogen (secondary N) is 1. The minimum absolute atomic E-state index is 0.00133. The third-order valence-corrected chi connectivity index (χ3v) is 5.25. The van der Waals surface area contributed by atoms with E-state index in [0.717, 1.165) is 35.7 Å². The topological polar surface area (TPSA) is 87.9 Å². The molecule has 1 atom stereocenters. The maximum Gasteiger partial charge on any atom is 0.255 e. The van der Waals surface area contributed by atoms with E-state index < -0.39 is 0 Å². The molecule has 0 saturated carbocycles. The molecule has 1 saturated heterocycles. The van der Waals surface area contributed by atoms with Crippen molar-refractivity contribution in [2.45, 2.75) is 25.3 Å². The summed E-state index contributed by atoms with van der Waals surface area (Å²) in [7, 11) is 0. The van der Waals surface area contributed by atoms with Gasteiger partial charge in [-0.2, -0.15) is 4.98 Å². The number of nitrogens with zero attached hydrogens (tertiary/aromatic N) is 4. The normalized spacial score (nSPS) is 17.1. The predicted octanol–water partition coefficient (Wildman–Crippen LogP) is 3.98. The number of pyridine rings is 1. The van der Waals surface area contributed by atoms with Crippen LogP contribution < -0.4 is 0 Å². The molecule has 7 heteroatoms. The molecule has 1 N–H and O–H groups in total. The van der Waals surface area contributed by atoms with E-state index >= 15 is 0 Å². The van der Waals surface area contributed by atoms with Crippen LogP contribution in [0.2, 0.25) is 0 Å². The van der Waals surface area contributed by atoms with E-state index in [0.29, 0.717) is 23.8 Å². The van der Waals surface area contributed by atoms with Crippen LogP contribution in [0.5, 0.6) is 0 Å². The number of amides is 1. The van der Waals surface area contributed by atoms with Gasteiger partial charge in [-0.3, -0.25) is 9.78 Å². The largest absolute Gasteiger partial charge is 0.361 e. The Morgan fingerprint density at radius 3 is 2.93 bits per heavy atom.